The third-order valence-electron chi connectivity index (χ3n) is 7.69. The molecule has 0 bridgehead atoms. The molecule has 6 rings (SSSR count). The van der Waals surface area contributed by atoms with E-state index in [9.17, 15) is 9.90 Å². The summed E-state index contributed by atoms with van der Waals surface area (Å²) in [5, 5.41) is 15.9. The summed E-state index contributed by atoms with van der Waals surface area (Å²) in [6.07, 6.45) is 9.23. The third-order valence-corrected chi connectivity index (χ3v) is 8.32. The second kappa shape index (κ2) is 9.38. The molecule has 0 unspecified atom stereocenters. The van der Waals surface area contributed by atoms with Gasteiger partial charge in [0.05, 0.1) is 33.0 Å². The van der Waals surface area contributed by atoms with Crippen molar-refractivity contribution in [3.63, 3.8) is 0 Å². The lowest BCUT2D eigenvalue weighted by Gasteiger charge is -2.39. The van der Waals surface area contributed by atoms with Gasteiger partial charge in [-0.15, -0.1) is 0 Å². The number of fused-ring (bicyclic) bond motifs is 3. The van der Waals surface area contributed by atoms with E-state index in [1.165, 1.54) is 0 Å². The van der Waals surface area contributed by atoms with Gasteiger partial charge in [0.25, 0.3) is 0 Å². The molecule has 0 atom stereocenters. The van der Waals surface area contributed by atoms with E-state index in [1.54, 1.807) is 4.90 Å². The third kappa shape index (κ3) is 4.04. The lowest BCUT2D eigenvalue weighted by Crippen LogP contribution is -2.47. The largest absolute Gasteiger partial charge is 0.387 e. The molecule has 38 heavy (non-hydrogen) atoms. The maximum Gasteiger partial charge on any atom is 0.248 e. The Morgan fingerprint density at radius 1 is 1.11 bits per heavy atom. The number of amides is 1. The van der Waals surface area contributed by atoms with Gasteiger partial charge < -0.3 is 14.4 Å². The number of benzene rings is 1. The molecule has 0 saturated carbocycles. The summed E-state index contributed by atoms with van der Waals surface area (Å²) >= 11 is 13.0. The monoisotopic (exact) mass is 548 g/mol. The Bertz CT molecular complexity index is 1680. The van der Waals surface area contributed by atoms with Crippen LogP contribution >= 0.6 is 23.2 Å². The van der Waals surface area contributed by atoms with Gasteiger partial charge in [-0.3, -0.25) is 14.5 Å². The molecule has 5 heterocycles. The molecule has 1 aliphatic rings. The number of nitrogens with zero attached hydrogens (tertiary/aromatic N) is 6. The van der Waals surface area contributed by atoms with Crippen LogP contribution in [0.25, 0.3) is 38.9 Å². The van der Waals surface area contributed by atoms with E-state index in [4.69, 9.17) is 33.2 Å². The fourth-order valence-electron chi connectivity index (χ4n) is 5.27. The van der Waals surface area contributed by atoms with E-state index in [2.05, 4.69) is 18.1 Å². The van der Waals surface area contributed by atoms with Crippen LogP contribution in [0.15, 0.2) is 55.1 Å². The van der Waals surface area contributed by atoms with Crippen LogP contribution in [0.5, 0.6) is 0 Å². The van der Waals surface area contributed by atoms with Crippen molar-refractivity contribution < 1.29 is 9.90 Å². The van der Waals surface area contributed by atoms with Gasteiger partial charge in [0.1, 0.15) is 12.3 Å². The standard InChI is InChI=1S/C28H26Cl2N6O2/c1-17-26(25-21(29)4-3-5-22(25)30)33-27-20-12-18(13-31-23(20)6-9-35(17)27)19-14-32-36(15-19)28(2)7-10-34(11-8-28)24(38)16-37/h3-6,9,12-15,37H,7-8,10-11,16H2,1-2H3. The minimum Gasteiger partial charge on any atom is -0.387 e. The van der Waals surface area contributed by atoms with Crippen LogP contribution in [0.3, 0.4) is 0 Å². The zero-order valence-corrected chi connectivity index (χ0v) is 22.5. The van der Waals surface area contributed by atoms with Crippen molar-refractivity contribution in [2.24, 2.45) is 0 Å². The smallest absolute Gasteiger partial charge is 0.248 e. The number of rotatable bonds is 4. The molecule has 0 radical (unpaired) electrons. The SMILES string of the molecule is Cc1c(-c2c(Cl)cccc2Cl)nc2c3cc(-c4cnn(C5(C)CCN(C(=O)CO)CC5)c4)cnc3ccn12. The predicted molar refractivity (Wildman–Crippen MR) is 148 cm³/mol. The summed E-state index contributed by atoms with van der Waals surface area (Å²) in [6.45, 7) is 4.90. The number of piperidine rings is 1. The summed E-state index contributed by atoms with van der Waals surface area (Å²) in [4.78, 5) is 23.3. The van der Waals surface area contributed by atoms with Crippen LogP contribution in [0.4, 0.5) is 0 Å². The molecule has 10 heteroatoms. The van der Waals surface area contributed by atoms with Gasteiger partial charge in [0, 0.05) is 59.5 Å². The number of hydrogen-bond acceptors (Lipinski definition) is 5. The zero-order chi connectivity index (χ0) is 26.6. The minimum atomic E-state index is -0.451. The Hall–Kier alpha value is -3.46. The second-order valence-electron chi connectivity index (χ2n) is 10.0. The normalized spacial score (nSPS) is 15.4. The van der Waals surface area contributed by atoms with Crippen LogP contribution in [-0.2, 0) is 10.3 Å². The molecular weight excluding hydrogens is 523 g/mol. The lowest BCUT2D eigenvalue weighted by molar-refractivity contribution is -0.136. The Kier molecular flexibility index (Phi) is 6.13. The van der Waals surface area contributed by atoms with Gasteiger partial charge in [-0.25, -0.2) is 4.98 Å². The van der Waals surface area contributed by atoms with Crippen LogP contribution < -0.4 is 0 Å². The Morgan fingerprint density at radius 2 is 1.84 bits per heavy atom. The molecule has 5 aromatic rings. The summed E-state index contributed by atoms with van der Waals surface area (Å²) in [5.74, 6) is -0.226. The van der Waals surface area contributed by atoms with Crippen LogP contribution in [0, 0.1) is 6.92 Å². The molecule has 8 nitrogen and oxygen atoms in total. The molecule has 0 spiro atoms. The highest BCUT2D eigenvalue weighted by molar-refractivity contribution is 6.39. The van der Waals surface area contributed by atoms with Crippen molar-refractivity contribution in [3.05, 3.63) is 70.9 Å². The number of imidazole rings is 1. The highest BCUT2D eigenvalue weighted by atomic mass is 35.5. The van der Waals surface area contributed by atoms with Crippen molar-refractivity contribution in [2.45, 2.75) is 32.2 Å². The second-order valence-corrected chi connectivity index (χ2v) is 10.8. The van der Waals surface area contributed by atoms with E-state index in [0.29, 0.717) is 23.1 Å². The summed E-state index contributed by atoms with van der Waals surface area (Å²) in [7, 11) is 0. The number of halogens is 2. The van der Waals surface area contributed by atoms with E-state index >= 15 is 0 Å². The van der Waals surface area contributed by atoms with Crippen LogP contribution in [-0.4, -0.2) is 59.8 Å². The number of aliphatic hydroxyl groups is 1. The van der Waals surface area contributed by atoms with Gasteiger partial charge in [0.15, 0.2) is 0 Å². The topological polar surface area (TPSA) is 88.5 Å². The molecule has 194 valence electrons. The molecular formula is C28H26Cl2N6O2. The molecule has 4 aromatic heterocycles. The highest BCUT2D eigenvalue weighted by Gasteiger charge is 2.34. The number of aromatic nitrogens is 5. The maximum absolute atomic E-state index is 11.9. The first kappa shape index (κ1) is 24.9. The van der Waals surface area contributed by atoms with Gasteiger partial charge >= 0.3 is 0 Å². The first-order valence-electron chi connectivity index (χ1n) is 12.4. The van der Waals surface area contributed by atoms with Crippen LogP contribution in [0.1, 0.15) is 25.5 Å². The Labute approximate surface area is 229 Å². The molecule has 0 aliphatic carbocycles. The molecule has 1 amide bonds. The number of aryl methyl sites for hydroxylation is 1. The number of aliphatic hydroxyl groups excluding tert-OH is 1. The number of carbonyl (C=O) groups excluding carboxylic acids is 1. The first-order chi connectivity index (χ1) is 18.3. The molecule has 1 aliphatic heterocycles. The number of pyridine rings is 2. The zero-order valence-electron chi connectivity index (χ0n) is 21.0. The fraction of sp³-hybridized carbons (Fsp3) is 0.286. The fourth-order valence-corrected chi connectivity index (χ4v) is 5.85. The molecule has 1 N–H and O–H groups in total. The van der Waals surface area contributed by atoms with Crippen LogP contribution in [0.2, 0.25) is 10.0 Å². The summed E-state index contributed by atoms with van der Waals surface area (Å²) in [5.41, 5.74) is 5.69. The van der Waals surface area contributed by atoms with Crippen molar-refractivity contribution >= 4 is 45.7 Å². The van der Waals surface area contributed by atoms with E-state index in [0.717, 1.165) is 57.5 Å². The Morgan fingerprint density at radius 3 is 2.55 bits per heavy atom. The molecule has 1 aromatic carbocycles. The van der Waals surface area contributed by atoms with Crippen molar-refractivity contribution in [3.8, 4) is 22.4 Å². The van der Waals surface area contributed by atoms with E-state index in [-0.39, 0.29) is 11.4 Å². The van der Waals surface area contributed by atoms with E-state index < -0.39 is 6.61 Å². The maximum atomic E-state index is 11.9. The number of carbonyl (C=O) groups is 1. The average Bonchev–Trinajstić information content (AvgIpc) is 3.55. The van der Waals surface area contributed by atoms with Crippen molar-refractivity contribution in [1.82, 2.24) is 29.0 Å². The summed E-state index contributed by atoms with van der Waals surface area (Å²) < 4.78 is 4.03. The highest BCUT2D eigenvalue weighted by Crippen LogP contribution is 2.37. The van der Waals surface area contributed by atoms with E-state index in [1.807, 2.05) is 65.1 Å². The lowest BCUT2D eigenvalue weighted by atomic mass is 9.89. The summed E-state index contributed by atoms with van der Waals surface area (Å²) in [6, 6.07) is 9.52. The Balaban J connectivity index is 1.38. The van der Waals surface area contributed by atoms with Crippen molar-refractivity contribution in [2.75, 3.05) is 19.7 Å². The van der Waals surface area contributed by atoms with Gasteiger partial charge in [-0.05, 0) is 51.0 Å². The predicted octanol–water partition coefficient (Wildman–Crippen LogP) is 5.36. The van der Waals surface area contributed by atoms with Gasteiger partial charge in [0.2, 0.25) is 5.91 Å². The van der Waals surface area contributed by atoms with Crippen molar-refractivity contribution in [1.29, 1.82) is 0 Å². The minimum absolute atomic E-state index is 0.217. The average molecular weight is 549 g/mol. The quantitative estimate of drug-likeness (QED) is 0.326. The van der Waals surface area contributed by atoms with Gasteiger partial charge in [-0.2, -0.15) is 5.10 Å². The number of likely N-dealkylation sites (tertiary alicyclic amines) is 1. The number of hydrogen-bond donors (Lipinski definition) is 1. The molecule has 1 fully saturated rings. The van der Waals surface area contributed by atoms with Gasteiger partial charge in [-0.1, -0.05) is 29.3 Å². The molecule has 1 saturated heterocycles. The first-order valence-corrected chi connectivity index (χ1v) is 13.2.